The van der Waals surface area contributed by atoms with E-state index in [9.17, 15) is 4.39 Å². The van der Waals surface area contributed by atoms with E-state index in [0.717, 1.165) is 16.7 Å². The summed E-state index contributed by atoms with van der Waals surface area (Å²) in [4.78, 5) is 4.17. The number of aryl methyl sites for hydroxylation is 1. The van der Waals surface area contributed by atoms with Crippen LogP contribution in [0.5, 0.6) is 0 Å². The van der Waals surface area contributed by atoms with Crippen molar-refractivity contribution in [2.75, 3.05) is 17.6 Å². The van der Waals surface area contributed by atoms with Gasteiger partial charge in [0.15, 0.2) is 0 Å². The van der Waals surface area contributed by atoms with Gasteiger partial charge in [0.25, 0.3) is 0 Å². The Morgan fingerprint density at radius 2 is 2.24 bits per heavy atom. The van der Waals surface area contributed by atoms with Gasteiger partial charge in [-0.15, -0.1) is 5.10 Å². The normalized spacial score (nSPS) is 10.5. The largest absolute Gasteiger partial charge is 0.382 e. The van der Waals surface area contributed by atoms with Crippen molar-refractivity contribution in [3.05, 3.63) is 35.9 Å². The first-order valence-electron chi connectivity index (χ1n) is 5.26. The molecule has 0 radical (unpaired) electrons. The third-order valence-electron chi connectivity index (χ3n) is 2.10. The monoisotopic (exact) mass is 252 g/mol. The van der Waals surface area contributed by atoms with Crippen LogP contribution < -0.4 is 5.32 Å². The molecule has 1 aromatic carbocycles. The highest BCUT2D eigenvalue weighted by atomic mass is 32.2. The summed E-state index contributed by atoms with van der Waals surface area (Å²) in [6.45, 7) is 2.52. The number of para-hydroxylation sites is 1. The van der Waals surface area contributed by atoms with Gasteiger partial charge in [0, 0.05) is 12.3 Å². The molecule has 0 bridgehead atoms. The van der Waals surface area contributed by atoms with E-state index in [0.29, 0.717) is 12.2 Å². The quantitative estimate of drug-likeness (QED) is 0.634. The highest BCUT2D eigenvalue weighted by molar-refractivity contribution is 7.99. The van der Waals surface area contributed by atoms with Gasteiger partial charge in [-0.25, -0.2) is 9.37 Å². The van der Waals surface area contributed by atoms with Crippen LogP contribution in [0, 0.1) is 12.7 Å². The lowest BCUT2D eigenvalue weighted by Gasteiger charge is -2.05. The second kappa shape index (κ2) is 5.67. The molecule has 17 heavy (non-hydrogen) atoms. The van der Waals surface area contributed by atoms with Crippen LogP contribution in [0.4, 0.5) is 10.1 Å². The molecule has 90 valence electrons. The lowest BCUT2D eigenvalue weighted by atomic mass is 10.3. The van der Waals surface area contributed by atoms with Crippen LogP contribution >= 0.6 is 11.8 Å². The van der Waals surface area contributed by atoms with Crippen molar-refractivity contribution in [3.8, 4) is 0 Å². The fourth-order valence-corrected chi connectivity index (χ4v) is 2.02. The number of thioether (sulfide) groups is 1. The fourth-order valence-electron chi connectivity index (χ4n) is 1.32. The predicted molar refractivity (Wildman–Crippen MR) is 66.7 cm³/mol. The van der Waals surface area contributed by atoms with Crippen LogP contribution in [-0.2, 0) is 0 Å². The third-order valence-corrected chi connectivity index (χ3v) is 2.95. The molecule has 2 N–H and O–H groups in total. The average Bonchev–Trinajstić information content (AvgIpc) is 2.73. The van der Waals surface area contributed by atoms with Gasteiger partial charge in [0.2, 0.25) is 5.16 Å². The van der Waals surface area contributed by atoms with Gasteiger partial charge in [-0.2, -0.15) is 0 Å². The van der Waals surface area contributed by atoms with Crippen LogP contribution in [-0.4, -0.2) is 27.5 Å². The van der Waals surface area contributed by atoms with Crippen LogP contribution in [0.3, 0.4) is 0 Å². The molecule has 0 spiro atoms. The van der Waals surface area contributed by atoms with Gasteiger partial charge < -0.3 is 5.32 Å². The Morgan fingerprint density at radius 1 is 1.41 bits per heavy atom. The first-order chi connectivity index (χ1) is 8.25. The van der Waals surface area contributed by atoms with Crippen LogP contribution in [0.1, 0.15) is 5.82 Å². The molecule has 0 unspecified atom stereocenters. The standard InChI is InChI=1S/C11H13FN4S/c1-8-14-11(16-15-8)17-7-6-13-10-5-3-2-4-9(10)12/h2-5,13H,6-7H2,1H3,(H,14,15,16). The topological polar surface area (TPSA) is 53.6 Å². The zero-order chi connectivity index (χ0) is 12.1. The minimum Gasteiger partial charge on any atom is -0.382 e. The summed E-state index contributed by atoms with van der Waals surface area (Å²) in [6, 6.07) is 6.63. The average molecular weight is 252 g/mol. The fraction of sp³-hybridized carbons (Fsp3) is 0.273. The van der Waals surface area contributed by atoms with E-state index in [4.69, 9.17) is 0 Å². The number of aromatic amines is 1. The molecule has 0 aliphatic rings. The molecule has 0 atom stereocenters. The Balaban J connectivity index is 1.75. The predicted octanol–water partition coefficient (Wildman–Crippen LogP) is 2.46. The minimum absolute atomic E-state index is 0.230. The molecule has 6 heteroatoms. The van der Waals surface area contributed by atoms with Crippen LogP contribution in [0.15, 0.2) is 29.4 Å². The molecular weight excluding hydrogens is 239 g/mol. The van der Waals surface area contributed by atoms with E-state index >= 15 is 0 Å². The van der Waals surface area contributed by atoms with E-state index in [1.165, 1.54) is 17.8 Å². The summed E-state index contributed by atoms with van der Waals surface area (Å²) in [6.07, 6.45) is 0. The Labute approximate surface area is 103 Å². The Bertz CT molecular complexity index is 486. The molecule has 0 aliphatic heterocycles. The molecule has 0 fully saturated rings. The van der Waals surface area contributed by atoms with Crippen molar-refractivity contribution < 1.29 is 4.39 Å². The van der Waals surface area contributed by atoms with Gasteiger partial charge in [-0.1, -0.05) is 23.9 Å². The van der Waals surface area contributed by atoms with Crippen molar-refractivity contribution in [1.29, 1.82) is 0 Å². The second-order valence-electron chi connectivity index (χ2n) is 3.46. The molecule has 2 rings (SSSR count). The van der Waals surface area contributed by atoms with Gasteiger partial charge >= 0.3 is 0 Å². The summed E-state index contributed by atoms with van der Waals surface area (Å²) in [5, 5.41) is 10.5. The van der Waals surface area contributed by atoms with Crippen molar-refractivity contribution in [3.63, 3.8) is 0 Å². The highest BCUT2D eigenvalue weighted by Gasteiger charge is 2.01. The SMILES string of the molecule is Cc1nc(SCCNc2ccccc2F)n[nH]1. The number of hydrogen-bond donors (Lipinski definition) is 2. The highest BCUT2D eigenvalue weighted by Crippen LogP contribution is 2.14. The van der Waals surface area contributed by atoms with E-state index in [1.54, 1.807) is 18.2 Å². The number of aromatic nitrogens is 3. The molecular formula is C11H13FN4S. The lowest BCUT2D eigenvalue weighted by molar-refractivity contribution is 0.630. The number of rotatable bonds is 5. The Kier molecular flexibility index (Phi) is 3.98. The summed E-state index contributed by atoms with van der Waals surface area (Å²) in [7, 11) is 0. The van der Waals surface area contributed by atoms with Crippen molar-refractivity contribution >= 4 is 17.4 Å². The van der Waals surface area contributed by atoms with Crippen molar-refractivity contribution in [1.82, 2.24) is 15.2 Å². The molecule has 4 nitrogen and oxygen atoms in total. The maximum Gasteiger partial charge on any atom is 0.208 e. The molecule has 0 saturated heterocycles. The van der Waals surface area contributed by atoms with Crippen LogP contribution in [0.2, 0.25) is 0 Å². The van der Waals surface area contributed by atoms with Crippen LogP contribution in [0.25, 0.3) is 0 Å². The van der Waals surface area contributed by atoms with Gasteiger partial charge in [0.1, 0.15) is 11.6 Å². The smallest absolute Gasteiger partial charge is 0.208 e. The van der Waals surface area contributed by atoms with Gasteiger partial charge in [0.05, 0.1) is 5.69 Å². The van der Waals surface area contributed by atoms with E-state index < -0.39 is 0 Å². The number of hydrogen-bond acceptors (Lipinski definition) is 4. The zero-order valence-corrected chi connectivity index (χ0v) is 10.2. The number of benzene rings is 1. The molecule has 1 aromatic heterocycles. The summed E-state index contributed by atoms with van der Waals surface area (Å²) in [5.41, 5.74) is 0.527. The molecule has 0 saturated carbocycles. The molecule has 0 amide bonds. The zero-order valence-electron chi connectivity index (χ0n) is 9.40. The summed E-state index contributed by atoms with van der Waals surface area (Å²) < 4.78 is 13.2. The van der Waals surface area contributed by atoms with E-state index in [2.05, 4.69) is 20.5 Å². The number of anilines is 1. The van der Waals surface area contributed by atoms with Crippen molar-refractivity contribution in [2.45, 2.75) is 12.1 Å². The Morgan fingerprint density at radius 3 is 2.94 bits per heavy atom. The van der Waals surface area contributed by atoms with Gasteiger partial charge in [-0.3, -0.25) is 5.10 Å². The summed E-state index contributed by atoms with van der Waals surface area (Å²) in [5.74, 6) is 1.35. The van der Waals surface area contributed by atoms with E-state index in [-0.39, 0.29) is 5.82 Å². The summed E-state index contributed by atoms with van der Waals surface area (Å²) >= 11 is 1.53. The van der Waals surface area contributed by atoms with Gasteiger partial charge in [-0.05, 0) is 19.1 Å². The first kappa shape index (κ1) is 11.9. The molecule has 1 heterocycles. The number of halogens is 1. The molecule has 0 aliphatic carbocycles. The number of nitrogens with one attached hydrogen (secondary N) is 2. The maximum absolute atomic E-state index is 13.2. The minimum atomic E-state index is -0.230. The lowest BCUT2D eigenvalue weighted by Crippen LogP contribution is -2.05. The Hall–Kier alpha value is -1.56. The third kappa shape index (κ3) is 3.45. The number of H-pyrrole nitrogens is 1. The van der Waals surface area contributed by atoms with E-state index in [1.807, 2.05) is 6.92 Å². The van der Waals surface area contributed by atoms with Crippen molar-refractivity contribution in [2.24, 2.45) is 0 Å². The molecule has 2 aromatic rings. The first-order valence-corrected chi connectivity index (χ1v) is 6.24. The maximum atomic E-state index is 13.2. The number of nitrogens with zero attached hydrogens (tertiary/aromatic N) is 2. The second-order valence-corrected chi connectivity index (χ2v) is 4.52.